The molecule has 0 aliphatic rings. The molecular formula is C22H33NO4. The lowest BCUT2D eigenvalue weighted by molar-refractivity contribution is 0.226. The highest BCUT2D eigenvalue weighted by atomic mass is 16.5. The number of aryl methyl sites for hydroxylation is 1. The first kappa shape index (κ1) is 21.1. The van der Waals surface area contributed by atoms with E-state index in [1.165, 1.54) is 25.7 Å². The fourth-order valence-corrected chi connectivity index (χ4v) is 3.32. The van der Waals surface area contributed by atoms with Gasteiger partial charge in [-0.25, -0.2) is 0 Å². The molecule has 0 radical (unpaired) electrons. The lowest BCUT2D eigenvalue weighted by Crippen LogP contribution is -2.25. The van der Waals surface area contributed by atoms with E-state index in [2.05, 4.69) is 6.92 Å². The number of nitrogens with zero attached hydrogens (tertiary/aromatic N) is 1. The van der Waals surface area contributed by atoms with Crippen molar-refractivity contribution < 1.29 is 14.2 Å². The lowest BCUT2D eigenvalue weighted by Gasteiger charge is -2.19. The van der Waals surface area contributed by atoms with Crippen LogP contribution >= 0.6 is 0 Å². The Bertz CT molecular complexity index is 795. The molecule has 0 spiro atoms. The highest BCUT2D eigenvalue weighted by Crippen LogP contribution is 2.35. The summed E-state index contributed by atoms with van der Waals surface area (Å²) in [6.07, 6.45) is 6.94. The molecule has 0 unspecified atom stereocenters. The maximum atomic E-state index is 13.2. The van der Waals surface area contributed by atoms with Gasteiger partial charge < -0.3 is 18.8 Å². The van der Waals surface area contributed by atoms with Crippen molar-refractivity contribution in [1.82, 2.24) is 4.57 Å². The molecule has 0 amide bonds. The molecule has 1 aromatic heterocycles. The van der Waals surface area contributed by atoms with Crippen LogP contribution in [0.4, 0.5) is 0 Å². The van der Waals surface area contributed by atoms with E-state index >= 15 is 0 Å². The van der Waals surface area contributed by atoms with Crippen LogP contribution in [0.2, 0.25) is 0 Å². The predicted molar refractivity (Wildman–Crippen MR) is 110 cm³/mol. The van der Waals surface area contributed by atoms with Crippen LogP contribution in [0.3, 0.4) is 0 Å². The van der Waals surface area contributed by atoms with Crippen LogP contribution in [0.5, 0.6) is 17.2 Å². The third kappa shape index (κ3) is 5.18. The topological polar surface area (TPSA) is 49.7 Å². The van der Waals surface area contributed by atoms with Crippen molar-refractivity contribution in [2.24, 2.45) is 0 Å². The minimum absolute atomic E-state index is 0.107. The Morgan fingerprint density at radius 1 is 0.963 bits per heavy atom. The molecule has 0 N–H and O–H groups in total. The Morgan fingerprint density at radius 3 is 2.30 bits per heavy atom. The zero-order valence-electron chi connectivity index (χ0n) is 17.3. The molecule has 2 aromatic rings. The minimum atomic E-state index is -0.144. The molecule has 0 aliphatic heterocycles. The van der Waals surface area contributed by atoms with Crippen LogP contribution in [0.25, 0.3) is 10.9 Å². The van der Waals surface area contributed by atoms with Crippen molar-refractivity contribution in [2.45, 2.75) is 71.9 Å². The quantitative estimate of drug-likeness (QED) is 0.509. The first-order valence-electron chi connectivity index (χ1n) is 9.98. The van der Waals surface area contributed by atoms with E-state index in [1.54, 1.807) is 18.8 Å². The number of rotatable bonds is 11. The van der Waals surface area contributed by atoms with Gasteiger partial charge in [-0.3, -0.25) is 4.79 Å². The molecule has 1 aromatic carbocycles. The molecule has 0 atom stereocenters. The smallest absolute Gasteiger partial charge is 0.297 e. The Kier molecular flexibility index (Phi) is 8.01. The number of ether oxygens (including phenoxy) is 3. The van der Waals surface area contributed by atoms with E-state index in [1.807, 2.05) is 32.0 Å². The Morgan fingerprint density at radius 2 is 1.67 bits per heavy atom. The molecule has 5 nitrogen and oxygen atoms in total. The second kappa shape index (κ2) is 10.2. The van der Waals surface area contributed by atoms with Crippen LogP contribution in [-0.4, -0.2) is 24.9 Å². The highest BCUT2D eigenvalue weighted by molar-refractivity contribution is 5.89. The minimum Gasteiger partial charge on any atom is -0.497 e. The van der Waals surface area contributed by atoms with E-state index in [0.29, 0.717) is 12.3 Å². The average Bonchev–Trinajstić information content (AvgIpc) is 2.66. The van der Waals surface area contributed by atoms with Crippen molar-refractivity contribution in [3.63, 3.8) is 0 Å². The van der Waals surface area contributed by atoms with Gasteiger partial charge in [-0.05, 0) is 32.4 Å². The normalized spacial score (nSPS) is 11.2. The summed E-state index contributed by atoms with van der Waals surface area (Å²) in [5.41, 5.74) is 0.677. The number of hydrogen-bond acceptors (Lipinski definition) is 4. The van der Waals surface area contributed by atoms with Gasteiger partial charge in [0.05, 0.1) is 25.8 Å². The lowest BCUT2D eigenvalue weighted by atomic mass is 10.1. The molecule has 0 bridgehead atoms. The Balaban J connectivity index is 2.44. The molecule has 1 heterocycles. The number of aromatic nitrogens is 1. The van der Waals surface area contributed by atoms with Crippen LogP contribution < -0.4 is 19.8 Å². The summed E-state index contributed by atoms with van der Waals surface area (Å²) in [7, 11) is 3.20. The van der Waals surface area contributed by atoms with Gasteiger partial charge in [0.25, 0.3) is 5.56 Å². The monoisotopic (exact) mass is 375 g/mol. The van der Waals surface area contributed by atoms with Gasteiger partial charge >= 0.3 is 0 Å². The van der Waals surface area contributed by atoms with Crippen molar-refractivity contribution in [3.05, 3.63) is 28.6 Å². The van der Waals surface area contributed by atoms with Gasteiger partial charge in [-0.15, -0.1) is 0 Å². The van der Waals surface area contributed by atoms with Gasteiger partial charge in [0.1, 0.15) is 5.75 Å². The van der Waals surface area contributed by atoms with Gasteiger partial charge in [-0.1, -0.05) is 39.0 Å². The second-order valence-corrected chi connectivity index (χ2v) is 7.14. The van der Waals surface area contributed by atoms with Crippen LogP contribution in [0.1, 0.15) is 59.3 Å². The van der Waals surface area contributed by atoms with Crippen molar-refractivity contribution in [3.8, 4) is 17.2 Å². The van der Waals surface area contributed by atoms with E-state index in [4.69, 9.17) is 14.2 Å². The predicted octanol–water partition coefficient (Wildman–Crippen LogP) is 5.17. The maximum Gasteiger partial charge on any atom is 0.297 e. The zero-order chi connectivity index (χ0) is 19.8. The third-order valence-electron chi connectivity index (χ3n) is 4.68. The number of methoxy groups -OCH3 is 2. The summed E-state index contributed by atoms with van der Waals surface area (Å²) in [6, 6.07) is 5.70. The summed E-state index contributed by atoms with van der Waals surface area (Å²) in [5.74, 6) is 1.50. The molecule has 5 heteroatoms. The van der Waals surface area contributed by atoms with E-state index in [9.17, 15) is 4.79 Å². The van der Waals surface area contributed by atoms with Crippen LogP contribution in [-0.2, 0) is 6.54 Å². The number of fused-ring (bicyclic) bond motifs is 1. The molecule has 150 valence electrons. The molecule has 0 saturated carbocycles. The molecule has 0 saturated heterocycles. The van der Waals surface area contributed by atoms with E-state index in [0.717, 1.165) is 29.5 Å². The van der Waals surface area contributed by atoms with Gasteiger partial charge in [0, 0.05) is 18.0 Å². The number of hydrogen-bond donors (Lipinski definition) is 0. The van der Waals surface area contributed by atoms with Gasteiger partial charge in [0.15, 0.2) is 5.75 Å². The van der Waals surface area contributed by atoms with E-state index < -0.39 is 0 Å². The van der Waals surface area contributed by atoms with Crippen molar-refractivity contribution in [2.75, 3.05) is 14.2 Å². The largest absolute Gasteiger partial charge is 0.497 e. The average molecular weight is 376 g/mol. The molecule has 2 rings (SSSR count). The van der Waals surface area contributed by atoms with Gasteiger partial charge in [-0.2, -0.15) is 0 Å². The standard InChI is InChI=1S/C22H33NO4/c1-6-7-8-9-10-11-14-23-19-15-17(25-4)12-13-18(19)20(26-5)21(22(23)24)27-16(2)3/h12-13,15-16H,6-11,14H2,1-5H3. The second-order valence-electron chi connectivity index (χ2n) is 7.14. The fraction of sp³-hybridized carbons (Fsp3) is 0.591. The number of pyridine rings is 1. The van der Waals surface area contributed by atoms with Crippen LogP contribution in [0, 0.1) is 0 Å². The summed E-state index contributed by atoms with van der Waals surface area (Å²) in [4.78, 5) is 13.2. The maximum absolute atomic E-state index is 13.2. The summed E-state index contributed by atoms with van der Waals surface area (Å²) in [5, 5.41) is 0.861. The zero-order valence-corrected chi connectivity index (χ0v) is 17.3. The van der Waals surface area contributed by atoms with Crippen molar-refractivity contribution in [1.29, 1.82) is 0 Å². The highest BCUT2D eigenvalue weighted by Gasteiger charge is 2.20. The summed E-state index contributed by atoms with van der Waals surface area (Å²) in [6.45, 7) is 6.70. The summed E-state index contributed by atoms with van der Waals surface area (Å²) >= 11 is 0. The fourth-order valence-electron chi connectivity index (χ4n) is 3.32. The molecule has 0 fully saturated rings. The third-order valence-corrected chi connectivity index (χ3v) is 4.68. The molecule has 0 aliphatic carbocycles. The first-order chi connectivity index (χ1) is 13.0. The SMILES string of the molecule is CCCCCCCCn1c(=O)c(OC(C)C)c(OC)c2ccc(OC)cc21. The molecular weight excluding hydrogens is 342 g/mol. The Labute approximate surface area is 162 Å². The number of unbranched alkanes of at least 4 members (excludes halogenated alkanes) is 5. The number of benzene rings is 1. The Hall–Kier alpha value is -2.17. The van der Waals surface area contributed by atoms with Crippen molar-refractivity contribution >= 4 is 10.9 Å². The van der Waals surface area contributed by atoms with Gasteiger partial charge in [0.2, 0.25) is 5.75 Å². The summed E-state index contributed by atoms with van der Waals surface area (Å²) < 4.78 is 18.6. The van der Waals surface area contributed by atoms with Crippen LogP contribution in [0.15, 0.2) is 23.0 Å². The first-order valence-corrected chi connectivity index (χ1v) is 9.98. The molecule has 27 heavy (non-hydrogen) atoms. The van der Waals surface area contributed by atoms with E-state index in [-0.39, 0.29) is 17.4 Å².